The highest BCUT2D eigenvalue weighted by atomic mass is 16.5. The second kappa shape index (κ2) is 14.5. The van der Waals surface area contributed by atoms with Crippen LogP contribution in [-0.4, -0.2) is 81.4 Å². The van der Waals surface area contributed by atoms with Gasteiger partial charge in [0.15, 0.2) is 18.3 Å². The van der Waals surface area contributed by atoms with Crippen molar-refractivity contribution < 1.29 is 33.8 Å². The predicted octanol–water partition coefficient (Wildman–Crippen LogP) is 2.75. The number of rotatable bonds is 13. The highest BCUT2D eigenvalue weighted by molar-refractivity contribution is 6.38. The number of nitrogens with one attached hydrogen (secondary N) is 4. The smallest absolute Gasteiger partial charge is 0.315 e. The fraction of sp³-hybridized carbons (Fsp3) is 0.622. The molecule has 5 N–H and O–H groups in total. The second-order valence-electron chi connectivity index (χ2n) is 16.7. The van der Waals surface area contributed by atoms with Crippen LogP contribution in [0.3, 0.4) is 0 Å². The highest BCUT2D eigenvalue weighted by Crippen LogP contribution is 2.65. The summed E-state index contributed by atoms with van der Waals surface area (Å²) in [6.07, 6.45) is 6.56. The summed E-state index contributed by atoms with van der Waals surface area (Å²) < 4.78 is 2.23. The van der Waals surface area contributed by atoms with Gasteiger partial charge in [0, 0.05) is 31.9 Å². The van der Waals surface area contributed by atoms with Crippen LogP contribution < -0.4 is 26.0 Å². The van der Waals surface area contributed by atoms with Crippen molar-refractivity contribution in [1.82, 2.24) is 30.7 Å². The SMILES string of the molecule is C=CCNC(=O)C(=O)C(CCC)NC(=O)[C@@H]1[C@@H]2[C@H](CN1C(=O)[C@@H](NC(=O)N[C@H](Cn1cc3c[n+]([O-])ccc3c1O)C(C)(C)C)C(C)(C)C)C2(C)C. The molecule has 5 amide bonds. The number of urea groups is 1. The summed E-state index contributed by atoms with van der Waals surface area (Å²) in [5, 5.41) is 34.9. The monoisotopic (exact) mass is 709 g/mol. The number of amides is 5. The fourth-order valence-corrected chi connectivity index (χ4v) is 7.24. The molecule has 4 rings (SSSR count). The lowest BCUT2D eigenvalue weighted by Gasteiger charge is -2.38. The quantitative estimate of drug-likeness (QED) is 0.0915. The van der Waals surface area contributed by atoms with Gasteiger partial charge in [0.25, 0.3) is 5.91 Å². The lowest BCUT2D eigenvalue weighted by molar-refractivity contribution is -0.603. The summed E-state index contributed by atoms with van der Waals surface area (Å²) in [4.78, 5) is 69.2. The molecule has 1 aliphatic heterocycles. The highest BCUT2D eigenvalue weighted by Gasteiger charge is 2.70. The van der Waals surface area contributed by atoms with Crippen molar-refractivity contribution in [2.24, 2.45) is 28.1 Å². The number of carbonyl (C=O) groups excluding carboxylic acids is 5. The zero-order valence-electron chi connectivity index (χ0n) is 31.3. The van der Waals surface area contributed by atoms with Gasteiger partial charge in [0.05, 0.1) is 22.9 Å². The standard InChI is InChI=1S/C37H55N7O7/c1-11-13-24(28(45)31(47)38-15-12-2)39-30(46)27-26-23(37(26,9)10)19-44(27)33(49)29(36(6,7)8)41-34(50)40-25(35(3,4)5)20-42-17-21-18-43(51)16-14-22(21)32(42)48/h12,14,16-18,23-27,29,48H,2,11,13,15,19-20H2,1,3-10H3,(H,38,47)(H,39,46)(H2,40,41,50)/t23-,24?,25+,26-,27-,29+/m0/s1. The van der Waals surface area contributed by atoms with Crippen LogP contribution >= 0.6 is 0 Å². The van der Waals surface area contributed by atoms with E-state index in [4.69, 9.17) is 0 Å². The van der Waals surface area contributed by atoms with E-state index in [-0.39, 0.29) is 42.6 Å². The molecule has 14 heteroatoms. The van der Waals surface area contributed by atoms with Gasteiger partial charge in [-0.2, -0.15) is 4.73 Å². The van der Waals surface area contributed by atoms with Crippen LogP contribution in [0.4, 0.5) is 4.79 Å². The molecule has 6 atom stereocenters. The van der Waals surface area contributed by atoms with Crippen molar-refractivity contribution in [2.45, 2.75) is 106 Å². The molecule has 1 unspecified atom stereocenters. The van der Waals surface area contributed by atoms with E-state index in [9.17, 15) is 34.3 Å². The normalized spacial score (nSPS) is 21.2. The van der Waals surface area contributed by atoms with E-state index in [0.717, 1.165) is 0 Å². The van der Waals surface area contributed by atoms with E-state index in [1.807, 2.05) is 62.3 Å². The molecule has 0 radical (unpaired) electrons. The Kier molecular flexibility index (Phi) is 11.2. The zero-order chi connectivity index (χ0) is 38.2. The molecule has 2 aromatic heterocycles. The number of nitrogens with zero attached hydrogens (tertiary/aromatic N) is 3. The second-order valence-corrected chi connectivity index (χ2v) is 16.7. The molecular formula is C37H55N7O7. The molecule has 2 aliphatic rings. The number of Topliss-reactive ketones (excluding diaryl/α,β-unsaturated/α-hetero) is 1. The van der Waals surface area contributed by atoms with Crippen LogP contribution in [0.2, 0.25) is 0 Å². The number of likely N-dealkylation sites (tertiary alicyclic amines) is 1. The maximum atomic E-state index is 14.4. The number of aromatic hydroxyl groups is 1. The molecule has 51 heavy (non-hydrogen) atoms. The Balaban J connectivity index is 1.54. The van der Waals surface area contributed by atoms with E-state index in [0.29, 0.717) is 28.5 Å². The lowest BCUT2D eigenvalue weighted by atomic mass is 9.85. The van der Waals surface area contributed by atoms with E-state index in [1.54, 1.807) is 10.8 Å². The minimum Gasteiger partial charge on any atom is -0.619 e. The van der Waals surface area contributed by atoms with Gasteiger partial charge in [-0.25, -0.2) is 4.79 Å². The fourth-order valence-electron chi connectivity index (χ4n) is 7.24. The molecule has 2 aromatic rings. The summed E-state index contributed by atoms with van der Waals surface area (Å²) in [7, 11) is 0. The molecule has 0 aromatic carbocycles. The Morgan fingerprint density at radius 1 is 1.10 bits per heavy atom. The van der Waals surface area contributed by atoms with Crippen molar-refractivity contribution in [3.8, 4) is 5.88 Å². The van der Waals surface area contributed by atoms with Gasteiger partial charge in [-0.05, 0) is 34.5 Å². The number of piperidine rings is 1. The minimum atomic E-state index is -1.06. The number of pyridine rings is 1. The van der Waals surface area contributed by atoms with Gasteiger partial charge in [0.2, 0.25) is 17.6 Å². The first-order chi connectivity index (χ1) is 23.6. The first kappa shape index (κ1) is 39.2. The van der Waals surface area contributed by atoms with Crippen LogP contribution in [0, 0.1) is 33.3 Å². The molecule has 0 spiro atoms. The van der Waals surface area contributed by atoms with Crippen molar-refractivity contribution in [3.63, 3.8) is 0 Å². The predicted molar refractivity (Wildman–Crippen MR) is 192 cm³/mol. The summed E-state index contributed by atoms with van der Waals surface area (Å²) >= 11 is 0. The van der Waals surface area contributed by atoms with Gasteiger partial charge in [0.1, 0.15) is 12.1 Å². The van der Waals surface area contributed by atoms with Crippen molar-refractivity contribution >= 4 is 40.3 Å². The molecule has 1 saturated heterocycles. The van der Waals surface area contributed by atoms with Gasteiger partial charge in [-0.15, -0.1) is 6.58 Å². The zero-order valence-corrected chi connectivity index (χ0v) is 31.3. The lowest BCUT2D eigenvalue weighted by Crippen LogP contribution is -2.62. The Morgan fingerprint density at radius 2 is 1.76 bits per heavy atom. The van der Waals surface area contributed by atoms with Gasteiger partial charge >= 0.3 is 6.03 Å². The molecule has 3 heterocycles. The third-order valence-electron chi connectivity index (χ3n) is 10.5. The Bertz CT molecular complexity index is 1690. The molecule has 280 valence electrons. The first-order valence-corrected chi connectivity index (χ1v) is 17.6. The van der Waals surface area contributed by atoms with Crippen molar-refractivity contribution in [1.29, 1.82) is 0 Å². The molecule has 2 fully saturated rings. The Hall–Kier alpha value is -4.62. The maximum absolute atomic E-state index is 14.4. The summed E-state index contributed by atoms with van der Waals surface area (Å²) in [6, 6.07) is -2.56. The molecule has 0 bridgehead atoms. The third-order valence-corrected chi connectivity index (χ3v) is 10.5. The van der Waals surface area contributed by atoms with E-state index >= 15 is 0 Å². The van der Waals surface area contributed by atoms with E-state index in [1.165, 1.54) is 29.4 Å². The number of fused-ring (bicyclic) bond motifs is 2. The third kappa shape index (κ3) is 8.31. The molecule has 1 aliphatic carbocycles. The number of aromatic nitrogens is 2. The molecular weight excluding hydrogens is 654 g/mol. The maximum Gasteiger partial charge on any atom is 0.315 e. The van der Waals surface area contributed by atoms with Crippen LogP contribution in [0.25, 0.3) is 10.8 Å². The summed E-state index contributed by atoms with van der Waals surface area (Å²) in [5.41, 5.74) is -1.46. The van der Waals surface area contributed by atoms with Crippen LogP contribution in [-0.2, 0) is 25.7 Å². The average molecular weight is 710 g/mol. The van der Waals surface area contributed by atoms with Gasteiger partial charge in [-0.3, -0.25) is 19.2 Å². The summed E-state index contributed by atoms with van der Waals surface area (Å²) in [6.45, 7) is 21.4. The van der Waals surface area contributed by atoms with E-state index in [2.05, 4.69) is 27.8 Å². The first-order valence-electron chi connectivity index (χ1n) is 17.6. The molecule has 1 saturated carbocycles. The van der Waals surface area contributed by atoms with Gasteiger partial charge < -0.3 is 41.0 Å². The van der Waals surface area contributed by atoms with Crippen molar-refractivity contribution in [2.75, 3.05) is 13.1 Å². The Morgan fingerprint density at radius 3 is 2.35 bits per heavy atom. The van der Waals surface area contributed by atoms with Crippen LogP contribution in [0.15, 0.2) is 37.3 Å². The Labute approximate surface area is 300 Å². The minimum absolute atomic E-state index is 0.0371. The number of ketones is 1. The van der Waals surface area contributed by atoms with Crippen LogP contribution in [0.1, 0.15) is 75.2 Å². The number of carbonyl (C=O) groups is 5. The largest absolute Gasteiger partial charge is 0.619 e. The van der Waals surface area contributed by atoms with Crippen LogP contribution in [0.5, 0.6) is 5.88 Å². The van der Waals surface area contributed by atoms with Crippen molar-refractivity contribution in [3.05, 3.63) is 42.5 Å². The average Bonchev–Trinajstić information content (AvgIpc) is 3.31. The summed E-state index contributed by atoms with van der Waals surface area (Å²) in [5.74, 6) is -2.64. The number of hydrogen-bond donors (Lipinski definition) is 5. The van der Waals surface area contributed by atoms with Gasteiger partial charge in [-0.1, -0.05) is 74.8 Å². The molecule has 14 nitrogen and oxygen atoms in total. The topological polar surface area (TPSA) is 189 Å². The number of hydrogen-bond acceptors (Lipinski definition) is 7. The van der Waals surface area contributed by atoms with E-state index < -0.39 is 64.5 Å².